The highest BCUT2D eigenvalue weighted by atomic mass is 35.5. The van der Waals surface area contributed by atoms with Gasteiger partial charge in [-0.25, -0.2) is 10.8 Å². The van der Waals surface area contributed by atoms with Crippen molar-refractivity contribution in [2.45, 2.75) is 26.8 Å². The maximum atomic E-state index is 13.3. The predicted octanol–water partition coefficient (Wildman–Crippen LogP) is 4.78. The van der Waals surface area contributed by atoms with Gasteiger partial charge < -0.3 is 10.6 Å². The summed E-state index contributed by atoms with van der Waals surface area (Å²) in [6, 6.07) is 6.26. The van der Waals surface area contributed by atoms with E-state index in [9.17, 15) is 9.59 Å². The van der Waals surface area contributed by atoms with Crippen LogP contribution in [0.3, 0.4) is 0 Å². The number of allylic oxidation sites excluding steroid dienone is 3. The second kappa shape index (κ2) is 10.9. The van der Waals surface area contributed by atoms with E-state index in [0.29, 0.717) is 21.8 Å². The van der Waals surface area contributed by atoms with Crippen molar-refractivity contribution in [1.29, 1.82) is 0 Å². The number of halogens is 2. The molecule has 0 atom stereocenters. The lowest BCUT2D eigenvalue weighted by Crippen LogP contribution is -2.38. The molecule has 0 radical (unpaired) electrons. The Morgan fingerprint density at radius 1 is 1.28 bits per heavy atom. The minimum Gasteiger partial charge on any atom is -0.350 e. The Balaban J connectivity index is 2.52. The van der Waals surface area contributed by atoms with E-state index < -0.39 is 5.91 Å². The summed E-state index contributed by atoms with van der Waals surface area (Å²) in [5, 5.41) is 7.23. The molecule has 0 fully saturated rings. The van der Waals surface area contributed by atoms with Crippen molar-refractivity contribution in [1.82, 2.24) is 10.3 Å². The summed E-state index contributed by atoms with van der Waals surface area (Å²) in [6.45, 7) is 12.9. The van der Waals surface area contributed by atoms with Crippen LogP contribution >= 0.6 is 23.2 Å². The number of rotatable bonds is 8. The van der Waals surface area contributed by atoms with Gasteiger partial charge in [0.1, 0.15) is 5.70 Å². The zero-order valence-corrected chi connectivity index (χ0v) is 19.6. The maximum Gasteiger partial charge on any atom is 0.273 e. The number of hydrogen-bond donors (Lipinski definition) is 3. The van der Waals surface area contributed by atoms with E-state index in [4.69, 9.17) is 29.0 Å². The minimum atomic E-state index is -0.610. The number of nitrogens with zero attached hydrogens (tertiary/aromatic N) is 2. The molecule has 1 aromatic carbocycles. The van der Waals surface area contributed by atoms with Gasteiger partial charge in [0.15, 0.2) is 5.82 Å². The molecular formula is C23H25Cl2N5O2. The summed E-state index contributed by atoms with van der Waals surface area (Å²) in [6.07, 6.45) is 4.40. The third-order valence-corrected chi connectivity index (χ3v) is 4.76. The van der Waals surface area contributed by atoms with Gasteiger partial charge in [-0.1, -0.05) is 42.4 Å². The Kier molecular flexibility index (Phi) is 8.60. The van der Waals surface area contributed by atoms with Crippen LogP contribution in [0.25, 0.3) is 0 Å². The van der Waals surface area contributed by atoms with Crippen LogP contribution in [0.2, 0.25) is 10.0 Å². The van der Waals surface area contributed by atoms with E-state index in [1.165, 1.54) is 24.4 Å². The molecule has 0 aliphatic carbocycles. The topological polar surface area (TPSA) is 100 Å². The Morgan fingerprint density at radius 3 is 2.56 bits per heavy atom. The first-order valence-electron chi connectivity index (χ1n) is 9.65. The summed E-state index contributed by atoms with van der Waals surface area (Å²) in [4.78, 5) is 30.2. The van der Waals surface area contributed by atoms with Gasteiger partial charge in [-0.2, -0.15) is 0 Å². The van der Waals surface area contributed by atoms with E-state index >= 15 is 0 Å². The summed E-state index contributed by atoms with van der Waals surface area (Å²) in [5.74, 6) is 5.38. The lowest BCUT2D eigenvalue weighted by atomic mass is 10.1. The number of aryl methyl sites for hydroxylation is 1. The normalized spacial score (nSPS) is 11.2. The fourth-order valence-electron chi connectivity index (χ4n) is 2.75. The number of amides is 2. The fourth-order valence-corrected chi connectivity index (χ4v) is 3.24. The first-order chi connectivity index (χ1) is 15.0. The van der Waals surface area contributed by atoms with Crippen molar-refractivity contribution in [3.05, 3.63) is 88.2 Å². The Bertz CT molecular complexity index is 1100. The van der Waals surface area contributed by atoms with Crippen LogP contribution in [0, 0.1) is 6.92 Å². The molecule has 168 valence electrons. The Hall–Kier alpha value is -3.13. The largest absolute Gasteiger partial charge is 0.350 e. The molecule has 0 saturated carbocycles. The molecule has 2 rings (SSSR count). The van der Waals surface area contributed by atoms with Crippen LogP contribution in [-0.2, 0) is 4.79 Å². The number of carbonyl (C=O) groups is 2. The number of pyridine rings is 1. The van der Waals surface area contributed by atoms with Crippen LogP contribution in [0.15, 0.2) is 67.0 Å². The van der Waals surface area contributed by atoms with Crippen molar-refractivity contribution in [3.63, 3.8) is 0 Å². The number of carbonyl (C=O) groups excluding carboxylic acids is 2. The minimum absolute atomic E-state index is 0.0138. The first kappa shape index (κ1) is 25.1. The van der Waals surface area contributed by atoms with Gasteiger partial charge in [0.05, 0.1) is 16.3 Å². The van der Waals surface area contributed by atoms with Gasteiger partial charge >= 0.3 is 0 Å². The fraction of sp³-hybridized carbons (Fsp3) is 0.174. The van der Waals surface area contributed by atoms with Gasteiger partial charge in [-0.15, -0.1) is 0 Å². The third-order valence-electron chi connectivity index (χ3n) is 4.25. The quantitative estimate of drug-likeness (QED) is 0.221. The molecule has 2 aromatic rings. The molecule has 0 saturated heterocycles. The highest BCUT2D eigenvalue weighted by Crippen LogP contribution is 2.28. The molecule has 7 nitrogen and oxygen atoms in total. The standard InChI is InChI=1S/C23H25Cl2N5O2/c1-6-14(4)10-19(30(26)21-18(25)8-7-9-27-21)23(32)29-20-15(5)11-16(24)12-17(20)22(31)28-13(2)3/h6-13H,1,4,26H2,2-3,5H3,(H,28,31)(H,29,32)/b19-10-. The molecule has 1 heterocycles. The van der Waals surface area contributed by atoms with E-state index in [2.05, 4.69) is 28.8 Å². The summed E-state index contributed by atoms with van der Waals surface area (Å²) in [5.41, 5.74) is 1.54. The van der Waals surface area contributed by atoms with Crippen LogP contribution in [-0.4, -0.2) is 22.8 Å². The van der Waals surface area contributed by atoms with Gasteiger partial charge in [0, 0.05) is 17.3 Å². The smallest absolute Gasteiger partial charge is 0.273 e. The number of aromatic nitrogens is 1. The van der Waals surface area contributed by atoms with Gasteiger partial charge in [0.25, 0.3) is 11.8 Å². The van der Waals surface area contributed by atoms with Crippen LogP contribution < -0.4 is 21.5 Å². The molecule has 0 spiro atoms. The Labute approximate surface area is 197 Å². The summed E-state index contributed by atoms with van der Waals surface area (Å²) >= 11 is 12.4. The van der Waals surface area contributed by atoms with E-state index in [-0.39, 0.29) is 34.1 Å². The van der Waals surface area contributed by atoms with Crippen molar-refractivity contribution in [3.8, 4) is 0 Å². The summed E-state index contributed by atoms with van der Waals surface area (Å²) < 4.78 is 0. The second-order valence-electron chi connectivity index (χ2n) is 7.21. The van der Waals surface area contributed by atoms with Crippen LogP contribution in [0.5, 0.6) is 0 Å². The van der Waals surface area contributed by atoms with Crippen molar-refractivity contribution >= 4 is 46.5 Å². The molecule has 4 N–H and O–H groups in total. The number of hydrazine groups is 1. The van der Waals surface area contributed by atoms with Crippen molar-refractivity contribution in [2.75, 3.05) is 10.3 Å². The van der Waals surface area contributed by atoms with Gasteiger partial charge in [-0.05, 0) is 62.2 Å². The molecular weight excluding hydrogens is 449 g/mol. The maximum absolute atomic E-state index is 13.3. The lowest BCUT2D eigenvalue weighted by Gasteiger charge is -2.23. The average Bonchev–Trinajstić information content (AvgIpc) is 2.72. The van der Waals surface area contributed by atoms with Gasteiger partial charge in [0.2, 0.25) is 0 Å². The zero-order valence-electron chi connectivity index (χ0n) is 18.1. The van der Waals surface area contributed by atoms with Crippen LogP contribution in [0.4, 0.5) is 11.5 Å². The SMILES string of the molecule is C=CC(=C)/C=C(/C(=O)Nc1c(C)cc(Cl)cc1C(=O)NC(C)C)N(N)c1ncccc1Cl. The predicted molar refractivity (Wildman–Crippen MR) is 131 cm³/mol. The van der Waals surface area contributed by atoms with Crippen molar-refractivity contribution < 1.29 is 9.59 Å². The summed E-state index contributed by atoms with van der Waals surface area (Å²) in [7, 11) is 0. The molecule has 0 aliphatic heterocycles. The third kappa shape index (κ3) is 6.20. The molecule has 1 aromatic heterocycles. The molecule has 9 heteroatoms. The zero-order chi connectivity index (χ0) is 24.0. The average molecular weight is 474 g/mol. The van der Waals surface area contributed by atoms with E-state index in [0.717, 1.165) is 5.01 Å². The number of hydrogen-bond acceptors (Lipinski definition) is 5. The molecule has 0 bridgehead atoms. The highest BCUT2D eigenvalue weighted by Gasteiger charge is 2.23. The van der Waals surface area contributed by atoms with E-state index in [1.54, 1.807) is 25.1 Å². The van der Waals surface area contributed by atoms with Crippen LogP contribution in [0.1, 0.15) is 29.8 Å². The highest BCUT2D eigenvalue weighted by molar-refractivity contribution is 6.33. The first-order valence-corrected chi connectivity index (χ1v) is 10.4. The monoisotopic (exact) mass is 473 g/mol. The molecule has 0 unspecified atom stereocenters. The number of benzene rings is 1. The Morgan fingerprint density at radius 2 is 1.97 bits per heavy atom. The number of nitrogens with one attached hydrogen (secondary N) is 2. The number of anilines is 2. The van der Waals surface area contributed by atoms with E-state index in [1.807, 2.05) is 13.8 Å². The van der Waals surface area contributed by atoms with Gasteiger partial charge in [-0.3, -0.25) is 14.6 Å². The van der Waals surface area contributed by atoms with Crippen molar-refractivity contribution in [2.24, 2.45) is 5.84 Å². The second-order valence-corrected chi connectivity index (χ2v) is 8.06. The molecule has 0 aliphatic rings. The number of nitrogens with two attached hydrogens (primary N) is 1. The molecule has 2 amide bonds. The molecule has 32 heavy (non-hydrogen) atoms. The lowest BCUT2D eigenvalue weighted by molar-refractivity contribution is -0.113.